The highest BCUT2D eigenvalue weighted by atomic mass is 32.1. The number of nitrogens with one attached hydrogen (secondary N) is 1. The van der Waals surface area contributed by atoms with Crippen molar-refractivity contribution in [3.8, 4) is 0 Å². The molecule has 0 unspecified atom stereocenters. The van der Waals surface area contributed by atoms with Crippen molar-refractivity contribution in [1.29, 1.82) is 0 Å². The summed E-state index contributed by atoms with van der Waals surface area (Å²) in [6, 6.07) is 25.7. The molecule has 0 radical (unpaired) electrons. The molecule has 0 aliphatic rings. The fourth-order valence-corrected chi connectivity index (χ4v) is 5.97. The smallest absolute Gasteiger partial charge is 0.408 e. The van der Waals surface area contributed by atoms with Crippen molar-refractivity contribution in [2.75, 3.05) is 6.54 Å². The van der Waals surface area contributed by atoms with Crippen molar-refractivity contribution < 1.29 is 24.2 Å². The molecule has 8 nitrogen and oxygen atoms in total. The zero-order valence-electron chi connectivity index (χ0n) is 23.3. The van der Waals surface area contributed by atoms with Gasteiger partial charge in [-0.15, -0.1) is 22.7 Å². The Bertz CT molecular complexity index is 1330. The maximum Gasteiger partial charge on any atom is 0.408 e. The molecular weight excluding hydrogens is 571 g/mol. The van der Waals surface area contributed by atoms with Gasteiger partial charge in [0.2, 0.25) is 5.91 Å². The molecule has 0 aliphatic carbocycles. The van der Waals surface area contributed by atoms with Crippen LogP contribution in [-0.4, -0.2) is 45.6 Å². The summed E-state index contributed by atoms with van der Waals surface area (Å²) in [6.45, 7) is 1.44. The van der Waals surface area contributed by atoms with E-state index in [1.807, 2.05) is 95.7 Å². The van der Waals surface area contributed by atoms with Gasteiger partial charge < -0.3 is 20.1 Å². The van der Waals surface area contributed by atoms with Crippen LogP contribution >= 0.6 is 22.7 Å². The number of nitrogens with zero attached hydrogens (tertiary/aromatic N) is 2. The minimum absolute atomic E-state index is 0.0997. The van der Waals surface area contributed by atoms with Crippen LogP contribution in [0.2, 0.25) is 0 Å². The summed E-state index contributed by atoms with van der Waals surface area (Å²) < 4.78 is 5.27. The monoisotopic (exact) mass is 605 g/mol. The van der Waals surface area contributed by atoms with E-state index in [0.29, 0.717) is 38.9 Å². The van der Waals surface area contributed by atoms with E-state index >= 15 is 0 Å². The van der Waals surface area contributed by atoms with Gasteiger partial charge in [0.15, 0.2) is 0 Å². The summed E-state index contributed by atoms with van der Waals surface area (Å²) in [5.74, 6) is -0.231. The Hall–Kier alpha value is -4.15. The minimum atomic E-state index is -1.15. The van der Waals surface area contributed by atoms with E-state index in [1.165, 1.54) is 4.90 Å². The van der Waals surface area contributed by atoms with Gasteiger partial charge in [-0.1, -0.05) is 72.8 Å². The highest BCUT2D eigenvalue weighted by molar-refractivity contribution is 7.10. The molecule has 0 saturated heterocycles. The zero-order chi connectivity index (χ0) is 29.6. The molecule has 0 fully saturated rings. The number of rotatable bonds is 15. The molecule has 2 aromatic carbocycles. The van der Waals surface area contributed by atoms with Crippen LogP contribution in [0.3, 0.4) is 0 Å². The summed E-state index contributed by atoms with van der Waals surface area (Å²) >= 11 is 3.13. The van der Waals surface area contributed by atoms with E-state index < -0.39 is 18.2 Å². The van der Waals surface area contributed by atoms with Crippen molar-refractivity contribution in [2.45, 2.75) is 51.5 Å². The highest BCUT2D eigenvalue weighted by Gasteiger charge is 2.33. The van der Waals surface area contributed by atoms with Gasteiger partial charge in [-0.3, -0.25) is 9.69 Å². The van der Waals surface area contributed by atoms with E-state index in [9.17, 15) is 19.5 Å². The Morgan fingerprint density at radius 2 is 1.36 bits per heavy atom. The van der Waals surface area contributed by atoms with Gasteiger partial charge >= 0.3 is 12.2 Å². The number of carbonyl (C=O) groups is 3. The first-order valence-corrected chi connectivity index (χ1v) is 15.6. The Balaban J connectivity index is 1.42. The van der Waals surface area contributed by atoms with Crippen LogP contribution in [0.1, 0.15) is 40.1 Å². The van der Waals surface area contributed by atoms with Gasteiger partial charge in [-0.05, 0) is 53.3 Å². The molecule has 4 aromatic rings. The molecule has 0 spiro atoms. The van der Waals surface area contributed by atoms with Gasteiger partial charge in [0.1, 0.15) is 12.6 Å². The Kier molecular flexibility index (Phi) is 12.0. The summed E-state index contributed by atoms with van der Waals surface area (Å²) in [4.78, 5) is 43.9. The summed E-state index contributed by atoms with van der Waals surface area (Å²) in [5, 5.41) is 16.9. The molecule has 4 rings (SSSR count). The second-order valence-corrected chi connectivity index (χ2v) is 11.8. The second-order valence-electron chi connectivity index (χ2n) is 9.75. The third-order valence-corrected chi connectivity index (χ3v) is 8.38. The number of ether oxygens (including phenoxy) is 1. The lowest BCUT2D eigenvalue weighted by molar-refractivity contribution is -0.138. The molecule has 0 saturated carbocycles. The molecular formula is C32H35N3O5S2. The molecule has 220 valence electrons. The Labute approximate surface area is 254 Å². The number of unbranched alkanes of at least 4 members (excludes halogenated alkanes) is 1. The van der Waals surface area contributed by atoms with Gasteiger partial charge in [-0.25, -0.2) is 9.59 Å². The van der Waals surface area contributed by atoms with Gasteiger partial charge in [0, 0.05) is 22.8 Å². The summed E-state index contributed by atoms with van der Waals surface area (Å²) in [7, 11) is 0. The lowest BCUT2D eigenvalue weighted by Crippen LogP contribution is -2.50. The molecule has 2 heterocycles. The fourth-order valence-electron chi connectivity index (χ4n) is 4.53. The first-order chi connectivity index (χ1) is 20.5. The Morgan fingerprint density at radius 1 is 0.762 bits per heavy atom. The van der Waals surface area contributed by atoms with E-state index in [0.717, 1.165) is 20.9 Å². The molecule has 2 N–H and O–H groups in total. The fraction of sp³-hybridized carbons (Fsp3) is 0.281. The van der Waals surface area contributed by atoms with E-state index in [4.69, 9.17) is 4.74 Å². The SMILES string of the molecule is O=C(NCCCC[C@@H](C(=O)N(Cc1cccs1)Cc1cccs1)N(Cc1ccccc1)C(=O)O)OCc1ccccc1. The highest BCUT2D eigenvalue weighted by Crippen LogP contribution is 2.22. The largest absolute Gasteiger partial charge is 0.465 e. The number of hydrogen-bond donors (Lipinski definition) is 2. The van der Waals surface area contributed by atoms with Crippen LogP contribution in [0.15, 0.2) is 95.7 Å². The van der Waals surface area contributed by atoms with Crippen molar-refractivity contribution in [3.05, 3.63) is 117 Å². The van der Waals surface area contributed by atoms with Gasteiger partial charge in [0.25, 0.3) is 0 Å². The second kappa shape index (κ2) is 16.3. The van der Waals surface area contributed by atoms with Crippen molar-refractivity contribution in [3.63, 3.8) is 0 Å². The first-order valence-electron chi connectivity index (χ1n) is 13.8. The van der Waals surface area contributed by atoms with Crippen molar-refractivity contribution in [2.24, 2.45) is 0 Å². The van der Waals surface area contributed by atoms with Crippen LogP contribution in [0, 0.1) is 0 Å². The van der Waals surface area contributed by atoms with Gasteiger partial charge in [0.05, 0.1) is 13.1 Å². The topological polar surface area (TPSA) is 99.2 Å². The molecule has 3 amide bonds. The number of thiophene rings is 2. The number of carboxylic acid groups (broad SMARTS) is 1. The lowest BCUT2D eigenvalue weighted by atomic mass is 10.0. The first kappa shape index (κ1) is 30.8. The predicted octanol–water partition coefficient (Wildman–Crippen LogP) is 6.98. The lowest BCUT2D eigenvalue weighted by Gasteiger charge is -2.33. The molecule has 2 aromatic heterocycles. The van der Waals surface area contributed by atoms with Crippen LogP contribution < -0.4 is 5.32 Å². The Morgan fingerprint density at radius 3 is 1.90 bits per heavy atom. The van der Waals surface area contributed by atoms with E-state index in [2.05, 4.69) is 5.32 Å². The number of carbonyl (C=O) groups excluding carboxylic acids is 2. The van der Waals surface area contributed by atoms with Crippen molar-refractivity contribution in [1.82, 2.24) is 15.1 Å². The molecule has 1 atom stereocenters. The van der Waals surface area contributed by atoms with E-state index in [-0.39, 0.29) is 19.1 Å². The molecule has 0 aliphatic heterocycles. The quantitative estimate of drug-likeness (QED) is 0.142. The number of amides is 3. The summed E-state index contributed by atoms with van der Waals surface area (Å²) in [5.41, 5.74) is 1.71. The number of benzene rings is 2. The maximum absolute atomic E-state index is 14.2. The van der Waals surface area contributed by atoms with Gasteiger partial charge in [-0.2, -0.15) is 0 Å². The number of alkyl carbamates (subject to hydrolysis) is 1. The molecule has 10 heteroatoms. The van der Waals surface area contributed by atoms with Crippen LogP contribution in [0.4, 0.5) is 9.59 Å². The van der Waals surface area contributed by atoms with Crippen LogP contribution in [-0.2, 0) is 35.8 Å². The minimum Gasteiger partial charge on any atom is -0.465 e. The normalized spacial score (nSPS) is 11.4. The molecule has 42 heavy (non-hydrogen) atoms. The van der Waals surface area contributed by atoms with Crippen LogP contribution in [0.5, 0.6) is 0 Å². The van der Waals surface area contributed by atoms with Crippen LogP contribution in [0.25, 0.3) is 0 Å². The predicted molar refractivity (Wildman–Crippen MR) is 165 cm³/mol. The summed E-state index contributed by atoms with van der Waals surface area (Å²) in [6.07, 6.45) is -0.226. The average Bonchev–Trinajstić information content (AvgIpc) is 3.72. The van der Waals surface area contributed by atoms with Crippen molar-refractivity contribution >= 4 is 40.8 Å². The number of hydrogen-bond acceptors (Lipinski definition) is 6. The molecule has 0 bridgehead atoms. The third-order valence-electron chi connectivity index (χ3n) is 6.65. The maximum atomic E-state index is 14.2. The van der Waals surface area contributed by atoms with E-state index in [1.54, 1.807) is 27.6 Å². The zero-order valence-corrected chi connectivity index (χ0v) is 24.9. The standard InChI is InChI=1S/C32H35N3O5S2/c36-30(34(22-27-15-9-19-41-27)23-28-16-10-20-42-28)29(35(32(38)39)21-25-11-3-1-4-12-25)17-7-8-18-33-31(37)40-24-26-13-5-2-6-14-26/h1-6,9-16,19-20,29H,7-8,17-18,21-24H2,(H,33,37)(H,38,39)/t29-/m0/s1. The third kappa shape index (κ3) is 9.74. The average molecular weight is 606 g/mol.